The minimum atomic E-state index is 0.771. The monoisotopic (exact) mass is 392 g/mol. The first-order valence-corrected chi connectivity index (χ1v) is 12.4. The van der Waals surface area contributed by atoms with Crippen molar-refractivity contribution in [2.24, 2.45) is 0 Å². The molecule has 2 atom stereocenters. The second-order valence-corrected chi connectivity index (χ2v) is 8.84. The summed E-state index contributed by atoms with van der Waals surface area (Å²) in [6.45, 7) is 4.62. The summed E-state index contributed by atoms with van der Waals surface area (Å²) >= 11 is 0. The predicted octanol–water partition coefficient (Wildman–Crippen LogP) is 9.67. The third-order valence-corrected chi connectivity index (χ3v) is 6.46. The van der Waals surface area contributed by atoms with Gasteiger partial charge in [0.1, 0.15) is 0 Å². The molecule has 0 heterocycles. The van der Waals surface area contributed by atoms with Gasteiger partial charge in [0.15, 0.2) is 0 Å². The molecule has 0 aliphatic rings. The number of rotatable bonds is 16. The molecule has 160 valence electrons. The van der Waals surface area contributed by atoms with Gasteiger partial charge in [-0.3, -0.25) is 0 Å². The summed E-state index contributed by atoms with van der Waals surface area (Å²) in [5, 5.41) is 0. The highest BCUT2D eigenvalue weighted by Gasteiger charge is 2.12. The summed E-state index contributed by atoms with van der Waals surface area (Å²) in [4.78, 5) is 0. The van der Waals surface area contributed by atoms with Crippen LogP contribution in [0.4, 0.5) is 0 Å². The van der Waals surface area contributed by atoms with Gasteiger partial charge < -0.3 is 0 Å². The predicted molar refractivity (Wildman–Crippen MR) is 130 cm³/mol. The smallest absolute Gasteiger partial charge is 0.0162 e. The maximum absolute atomic E-state index is 2.33. The Balaban J connectivity index is 1.65. The van der Waals surface area contributed by atoms with Crippen LogP contribution in [0.1, 0.15) is 120 Å². The van der Waals surface area contributed by atoms with E-state index in [-0.39, 0.29) is 0 Å². The highest BCUT2D eigenvalue weighted by atomic mass is 14.2. The van der Waals surface area contributed by atoms with Crippen LogP contribution in [-0.4, -0.2) is 0 Å². The van der Waals surface area contributed by atoms with Gasteiger partial charge in [0.25, 0.3) is 0 Å². The van der Waals surface area contributed by atoms with Crippen LogP contribution in [-0.2, 0) is 0 Å². The van der Waals surface area contributed by atoms with Gasteiger partial charge in [-0.15, -0.1) is 0 Å². The number of unbranched alkanes of at least 4 members (excludes halogenated alkanes) is 6. The van der Waals surface area contributed by atoms with E-state index < -0.39 is 0 Å². The van der Waals surface area contributed by atoms with Gasteiger partial charge in [-0.2, -0.15) is 0 Å². The van der Waals surface area contributed by atoms with Crippen LogP contribution in [0.3, 0.4) is 0 Å². The second kappa shape index (κ2) is 15.3. The van der Waals surface area contributed by atoms with Crippen molar-refractivity contribution in [1.29, 1.82) is 0 Å². The first-order chi connectivity index (χ1) is 14.3. The number of hydrogen-bond acceptors (Lipinski definition) is 0. The zero-order valence-electron chi connectivity index (χ0n) is 19.1. The number of benzene rings is 2. The molecule has 0 saturated carbocycles. The Morgan fingerprint density at radius 2 is 0.793 bits per heavy atom. The van der Waals surface area contributed by atoms with Crippen molar-refractivity contribution in [2.45, 2.75) is 109 Å². The molecule has 0 spiro atoms. The fraction of sp³-hybridized carbons (Fsp3) is 0.586. The molecule has 2 aromatic rings. The molecule has 0 aromatic heterocycles. The maximum atomic E-state index is 2.33. The molecule has 0 heteroatoms. The van der Waals surface area contributed by atoms with Gasteiger partial charge >= 0.3 is 0 Å². The third kappa shape index (κ3) is 9.66. The minimum absolute atomic E-state index is 0.771. The minimum Gasteiger partial charge on any atom is -0.0654 e. The molecule has 0 amide bonds. The highest BCUT2D eigenvalue weighted by molar-refractivity contribution is 5.20. The normalized spacial score (nSPS) is 13.3. The van der Waals surface area contributed by atoms with Gasteiger partial charge in [0.05, 0.1) is 0 Å². The number of hydrogen-bond donors (Lipinski definition) is 0. The van der Waals surface area contributed by atoms with Crippen LogP contribution >= 0.6 is 0 Å². The van der Waals surface area contributed by atoms with Crippen molar-refractivity contribution >= 4 is 0 Å². The van der Waals surface area contributed by atoms with E-state index >= 15 is 0 Å². The lowest BCUT2D eigenvalue weighted by atomic mass is 9.87. The van der Waals surface area contributed by atoms with E-state index in [1.807, 2.05) is 0 Å². The molecule has 0 bridgehead atoms. The molecule has 0 saturated heterocycles. The van der Waals surface area contributed by atoms with E-state index in [1.165, 1.54) is 83.5 Å². The van der Waals surface area contributed by atoms with Crippen molar-refractivity contribution in [3.8, 4) is 0 Å². The SMILES string of the molecule is CCCCC(CCCCCCCC(CCCC)c1ccccc1)c1ccccc1. The molecule has 0 nitrogen and oxygen atoms in total. The lowest BCUT2D eigenvalue weighted by Gasteiger charge is -2.18. The van der Waals surface area contributed by atoms with Crippen molar-refractivity contribution in [2.75, 3.05) is 0 Å². The van der Waals surface area contributed by atoms with Crippen LogP contribution < -0.4 is 0 Å². The van der Waals surface area contributed by atoms with E-state index in [1.54, 1.807) is 11.1 Å². The van der Waals surface area contributed by atoms with Gasteiger partial charge in [0, 0.05) is 0 Å². The summed E-state index contributed by atoms with van der Waals surface area (Å²) in [7, 11) is 0. The summed E-state index contributed by atoms with van der Waals surface area (Å²) in [5.41, 5.74) is 3.12. The quantitative estimate of drug-likeness (QED) is 0.249. The fourth-order valence-electron chi connectivity index (χ4n) is 4.62. The lowest BCUT2D eigenvalue weighted by Crippen LogP contribution is -2.00. The maximum Gasteiger partial charge on any atom is -0.0162 e. The Morgan fingerprint density at radius 3 is 1.17 bits per heavy atom. The van der Waals surface area contributed by atoms with Crippen molar-refractivity contribution in [3.05, 3.63) is 71.8 Å². The zero-order chi connectivity index (χ0) is 20.6. The van der Waals surface area contributed by atoms with E-state index in [2.05, 4.69) is 74.5 Å². The van der Waals surface area contributed by atoms with Crippen LogP contribution in [0.15, 0.2) is 60.7 Å². The summed E-state index contributed by atoms with van der Waals surface area (Å²) in [6, 6.07) is 22.4. The zero-order valence-corrected chi connectivity index (χ0v) is 19.1. The average Bonchev–Trinajstić information content (AvgIpc) is 2.78. The summed E-state index contributed by atoms with van der Waals surface area (Å²) in [5.74, 6) is 1.54. The van der Waals surface area contributed by atoms with Crippen molar-refractivity contribution < 1.29 is 0 Å². The van der Waals surface area contributed by atoms with E-state index in [4.69, 9.17) is 0 Å². The van der Waals surface area contributed by atoms with E-state index in [0.717, 1.165) is 11.8 Å². The Bertz CT molecular complexity index is 545. The molecule has 2 aromatic carbocycles. The molecule has 29 heavy (non-hydrogen) atoms. The van der Waals surface area contributed by atoms with Gasteiger partial charge in [-0.05, 0) is 48.6 Å². The third-order valence-electron chi connectivity index (χ3n) is 6.46. The Kier molecular flexibility index (Phi) is 12.5. The molecule has 0 aliphatic heterocycles. The van der Waals surface area contributed by atoms with Crippen LogP contribution in [0.2, 0.25) is 0 Å². The van der Waals surface area contributed by atoms with E-state index in [9.17, 15) is 0 Å². The molecule has 0 radical (unpaired) electrons. The first-order valence-electron chi connectivity index (χ1n) is 12.4. The molecule has 0 aliphatic carbocycles. The molecule has 2 rings (SSSR count). The topological polar surface area (TPSA) is 0 Å². The molecule has 0 fully saturated rings. The molecule has 2 unspecified atom stereocenters. The summed E-state index contributed by atoms with van der Waals surface area (Å²) < 4.78 is 0. The summed E-state index contributed by atoms with van der Waals surface area (Å²) in [6.07, 6.45) is 17.8. The van der Waals surface area contributed by atoms with E-state index in [0.29, 0.717) is 0 Å². The Labute approximate surface area is 181 Å². The first kappa shape index (κ1) is 23.7. The Hall–Kier alpha value is -1.56. The van der Waals surface area contributed by atoms with Gasteiger partial charge in [-0.25, -0.2) is 0 Å². The lowest BCUT2D eigenvalue weighted by molar-refractivity contribution is 0.481. The van der Waals surface area contributed by atoms with Crippen LogP contribution in [0, 0.1) is 0 Å². The molecular weight excluding hydrogens is 348 g/mol. The van der Waals surface area contributed by atoms with Crippen LogP contribution in [0.25, 0.3) is 0 Å². The highest BCUT2D eigenvalue weighted by Crippen LogP contribution is 2.30. The fourth-order valence-corrected chi connectivity index (χ4v) is 4.62. The van der Waals surface area contributed by atoms with Crippen molar-refractivity contribution in [1.82, 2.24) is 0 Å². The second-order valence-electron chi connectivity index (χ2n) is 8.84. The average molecular weight is 393 g/mol. The standard InChI is InChI=1S/C29H44/c1-3-5-18-26(28-22-14-10-15-23-28)20-12-8-7-9-13-21-27(19-6-4-2)29-24-16-11-17-25-29/h10-11,14-17,22-27H,3-9,12-13,18-21H2,1-2H3. The van der Waals surface area contributed by atoms with Gasteiger partial charge in [0.2, 0.25) is 0 Å². The van der Waals surface area contributed by atoms with Crippen LogP contribution in [0.5, 0.6) is 0 Å². The van der Waals surface area contributed by atoms with Crippen molar-refractivity contribution in [3.63, 3.8) is 0 Å². The molecule has 0 N–H and O–H groups in total. The largest absolute Gasteiger partial charge is 0.0654 e. The van der Waals surface area contributed by atoms with Gasteiger partial charge in [-0.1, -0.05) is 132 Å². The molecular formula is C29H44. The Morgan fingerprint density at radius 1 is 0.448 bits per heavy atom.